The number of hydrogen-bond donors (Lipinski definition) is 1. The van der Waals surface area contributed by atoms with Crippen LogP contribution in [-0.4, -0.2) is 19.0 Å². The van der Waals surface area contributed by atoms with E-state index in [1.165, 1.54) is 18.4 Å². The van der Waals surface area contributed by atoms with Crippen molar-refractivity contribution in [2.75, 3.05) is 12.4 Å². The van der Waals surface area contributed by atoms with Crippen molar-refractivity contribution >= 4 is 28.2 Å². The van der Waals surface area contributed by atoms with E-state index in [0.717, 1.165) is 17.7 Å². The number of methoxy groups -OCH3 is 1. The zero-order valence-electron chi connectivity index (χ0n) is 10.3. The van der Waals surface area contributed by atoms with Crippen LogP contribution in [-0.2, 0) is 9.53 Å². The maximum absolute atomic E-state index is 11.6. The Hall–Kier alpha value is -1.36. The zero-order valence-corrected chi connectivity index (χ0v) is 11.1. The van der Waals surface area contributed by atoms with Crippen molar-refractivity contribution in [3.8, 4) is 0 Å². The van der Waals surface area contributed by atoms with Gasteiger partial charge in [0, 0.05) is 11.3 Å². The van der Waals surface area contributed by atoms with Gasteiger partial charge in [-0.15, -0.1) is 11.3 Å². The lowest BCUT2D eigenvalue weighted by atomic mass is 10.2. The average Bonchev–Trinajstić information content (AvgIpc) is 2.66. The Kier molecular flexibility index (Phi) is 5.15. The summed E-state index contributed by atoms with van der Waals surface area (Å²) in [5, 5.41) is 3.34. The van der Waals surface area contributed by atoms with Gasteiger partial charge in [0.15, 0.2) is 0 Å². The minimum atomic E-state index is -0.417. The molecule has 0 aliphatic carbocycles. The summed E-state index contributed by atoms with van der Waals surface area (Å²) >= 11 is 1.39. The Morgan fingerprint density at radius 3 is 2.76 bits per heavy atom. The molecule has 94 valence electrons. The summed E-state index contributed by atoms with van der Waals surface area (Å²) in [6, 6.07) is 1.73. The van der Waals surface area contributed by atoms with Crippen molar-refractivity contribution < 1.29 is 14.3 Å². The van der Waals surface area contributed by atoms with Gasteiger partial charge in [0.2, 0.25) is 5.91 Å². The van der Waals surface area contributed by atoms with Gasteiger partial charge in [-0.2, -0.15) is 0 Å². The predicted molar refractivity (Wildman–Crippen MR) is 68.6 cm³/mol. The van der Waals surface area contributed by atoms with Crippen LogP contribution in [0.1, 0.15) is 41.4 Å². The number of thiophene rings is 1. The largest absolute Gasteiger partial charge is 0.465 e. The second-order valence-electron chi connectivity index (χ2n) is 3.74. The highest BCUT2D eigenvalue weighted by Gasteiger charge is 2.16. The van der Waals surface area contributed by atoms with Crippen LogP contribution in [0.15, 0.2) is 6.07 Å². The lowest BCUT2D eigenvalue weighted by Gasteiger charge is -2.04. The minimum Gasteiger partial charge on any atom is -0.465 e. The zero-order chi connectivity index (χ0) is 12.8. The monoisotopic (exact) mass is 255 g/mol. The summed E-state index contributed by atoms with van der Waals surface area (Å²) in [5.41, 5.74) is 0.430. The van der Waals surface area contributed by atoms with Crippen molar-refractivity contribution in [2.45, 2.75) is 33.1 Å². The van der Waals surface area contributed by atoms with Crippen LogP contribution in [0.3, 0.4) is 0 Å². The number of nitrogens with one attached hydrogen (secondary N) is 1. The third-order valence-electron chi connectivity index (χ3n) is 2.27. The van der Waals surface area contributed by atoms with E-state index in [9.17, 15) is 9.59 Å². The third kappa shape index (κ3) is 3.85. The second kappa shape index (κ2) is 6.39. The number of unbranched alkanes of at least 4 members (excludes halogenated alkanes) is 1. The number of rotatable bonds is 5. The molecular weight excluding hydrogens is 238 g/mol. The maximum Gasteiger partial charge on any atom is 0.340 e. The first kappa shape index (κ1) is 13.7. The number of esters is 1. The molecule has 0 radical (unpaired) electrons. The van der Waals surface area contributed by atoms with E-state index < -0.39 is 5.97 Å². The quantitative estimate of drug-likeness (QED) is 0.823. The van der Waals surface area contributed by atoms with Gasteiger partial charge in [-0.1, -0.05) is 13.3 Å². The minimum absolute atomic E-state index is 0.0566. The van der Waals surface area contributed by atoms with Gasteiger partial charge in [0.1, 0.15) is 5.00 Å². The maximum atomic E-state index is 11.6. The standard InChI is InChI=1S/C12H17NO3S/c1-4-5-6-10(14)13-11-9(12(15)16-3)7-8(2)17-11/h7H,4-6H2,1-3H3,(H,13,14). The van der Waals surface area contributed by atoms with Crippen molar-refractivity contribution in [3.63, 3.8) is 0 Å². The van der Waals surface area contributed by atoms with Crippen LogP contribution in [0.5, 0.6) is 0 Å². The molecule has 0 bridgehead atoms. The molecule has 0 aromatic carbocycles. The number of hydrogen-bond acceptors (Lipinski definition) is 4. The fourth-order valence-corrected chi connectivity index (χ4v) is 2.31. The number of ether oxygens (including phenoxy) is 1. The molecule has 0 aliphatic rings. The van der Waals surface area contributed by atoms with E-state index in [1.54, 1.807) is 6.07 Å². The fraction of sp³-hybridized carbons (Fsp3) is 0.500. The molecular formula is C12H17NO3S. The summed E-state index contributed by atoms with van der Waals surface area (Å²) in [5.74, 6) is -0.473. The summed E-state index contributed by atoms with van der Waals surface area (Å²) in [4.78, 5) is 24.0. The van der Waals surface area contributed by atoms with Crippen LogP contribution in [0.2, 0.25) is 0 Å². The Labute approximate surface area is 105 Å². The Bertz CT molecular complexity index is 412. The van der Waals surface area contributed by atoms with Gasteiger partial charge in [-0.05, 0) is 19.4 Å². The highest BCUT2D eigenvalue weighted by Crippen LogP contribution is 2.28. The van der Waals surface area contributed by atoms with Crippen LogP contribution < -0.4 is 5.32 Å². The molecule has 0 spiro atoms. The van der Waals surface area contributed by atoms with Crippen molar-refractivity contribution in [2.24, 2.45) is 0 Å². The van der Waals surface area contributed by atoms with Gasteiger partial charge in [-0.3, -0.25) is 4.79 Å². The number of aryl methyl sites for hydroxylation is 1. The normalized spacial score (nSPS) is 10.1. The molecule has 1 N–H and O–H groups in total. The van der Waals surface area contributed by atoms with Crippen molar-refractivity contribution in [1.82, 2.24) is 0 Å². The molecule has 1 amide bonds. The van der Waals surface area contributed by atoms with E-state index in [2.05, 4.69) is 10.1 Å². The Morgan fingerprint density at radius 1 is 1.47 bits per heavy atom. The van der Waals surface area contributed by atoms with Gasteiger partial charge in [0.25, 0.3) is 0 Å². The van der Waals surface area contributed by atoms with E-state index >= 15 is 0 Å². The lowest BCUT2D eigenvalue weighted by Crippen LogP contribution is -2.12. The molecule has 1 heterocycles. The first-order chi connectivity index (χ1) is 8.08. The first-order valence-corrected chi connectivity index (χ1v) is 6.38. The van der Waals surface area contributed by atoms with Gasteiger partial charge in [-0.25, -0.2) is 4.79 Å². The predicted octanol–water partition coefficient (Wildman–Crippen LogP) is 2.97. The third-order valence-corrected chi connectivity index (χ3v) is 3.24. The molecule has 5 heteroatoms. The van der Waals surface area contributed by atoms with Gasteiger partial charge in [0.05, 0.1) is 12.7 Å². The Morgan fingerprint density at radius 2 is 2.18 bits per heavy atom. The number of anilines is 1. The average molecular weight is 255 g/mol. The number of amides is 1. The summed E-state index contributed by atoms with van der Waals surface area (Å²) in [6.45, 7) is 3.92. The molecule has 0 fully saturated rings. The highest BCUT2D eigenvalue weighted by molar-refractivity contribution is 7.16. The summed E-state index contributed by atoms with van der Waals surface area (Å²) in [6.07, 6.45) is 2.30. The van der Waals surface area contributed by atoms with E-state index in [0.29, 0.717) is 17.0 Å². The van der Waals surface area contributed by atoms with Gasteiger partial charge < -0.3 is 10.1 Å². The first-order valence-electron chi connectivity index (χ1n) is 5.57. The van der Waals surface area contributed by atoms with Crippen molar-refractivity contribution in [1.29, 1.82) is 0 Å². The topological polar surface area (TPSA) is 55.4 Å². The lowest BCUT2D eigenvalue weighted by molar-refractivity contribution is -0.116. The summed E-state index contributed by atoms with van der Waals surface area (Å²) < 4.78 is 4.67. The van der Waals surface area contributed by atoms with Crippen molar-refractivity contribution in [3.05, 3.63) is 16.5 Å². The molecule has 0 aliphatic heterocycles. The Balaban J connectivity index is 2.76. The molecule has 0 unspecified atom stereocenters. The molecule has 4 nitrogen and oxygen atoms in total. The summed E-state index contributed by atoms with van der Waals surface area (Å²) in [7, 11) is 1.33. The molecule has 0 saturated heterocycles. The fourth-order valence-electron chi connectivity index (χ4n) is 1.40. The molecule has 0 atom stereocenters. The molecule has 17 heavy (non-hydrogen) atoms. The second-order valence-corrected chi connectivity index (χ2v) is 5.00. The van der Waals surface area contributed by atoms with E-state index in [1.807, 2.05) is 13.8 Å². The molecule has 1 rings (SSSR count). The SMILES string of the molecule is CCCCC(=O)Nc1sc(C)cc1C(=O)OC. The van der Waals surface area contributed by atoms with Crippen LogP contribution in [0.4, 0.5) is 5.00 Å². The van der Waals surface area contributed by atoms with Crippen LogP contribution >= 0.6 is 11.3 Å². The van der Waals surface area contributed by atoms with Gasteiger partial charge >= 0.3 is 5.97 Å². The van der Waals surface area contributed by atoms with Crippen LogP contribution in [0.25, 0.3) is 0 Å². The smallest absolute Gasteiger partial charge is 0.340 e. The van der Waals surface area contributed by atoms with E-state index in [-0.39, 0.29) is 5.91 Å². The highest BCUT2D eigenvalue weighted by atomic mass is 32.1. The van der Waals surface area contributed by atoms with E-state index in [4.69, 9.17) is 0 Å². The molecule has 0 saturated carbocycles. The number of carbonyl (C=O) groups is 2. The molecule has 1 aromatic rings. The van der Waals surface area contributed by atoms with Crippen LogP contribution in [0, 0.1) is 6.92 Å². The molecule has 1 aromatic heterocycles. The number of carbonyl (C=O) groups excluding carboxylic acids is 2.